The summed E-state index contributed by atoms with van der Waals surface area (Å²) >= 11 is 0. The number of hydrogen-bond donors (Lipinski definition) is 0. The standard InChI is InChI=1S/C20H22O5/c1-5-14-9-11-15(12-10-14)18(21)13(2)25-20(22)16-7-6-8-17(23-3)19(16)24-4/h6-13H,5H2,1-4H3/t13-/m0/s1. The highest BCUT2D eigenvalue weighted by atomic mass is 16.6. The molecule has 0 saturated carbocycles. The monoisotopic (exact) mass is 342 g/mol. The molecule has 0 heterocycles. The third-order valence-corrected chi connectivity index (χ3v) is 3.92. The van der Waals surface area contributed by atoms with Crippen LogP contribution in [0.15, 0.2) is 42.5 Å². The van der Waals surface area contributed by atoms with Gasteiger partial charge in [0, 0.05) is 5.56 Å². The first-order valence-corrected chi connectivity index (χ1v) is 8.06. The number of Topliss-reactive ketones (excluding diaryl/α,β-unsaturated/α-hetero) is 1. The second-order valence-electron chi connectivity index (χ2n) is 5.50. The molecule has 0 bridgehead atoms. The molecule has 1 atom stereocenters. The zero-order chi connectivity index (χ0) is 18.4. The largest absolute Gasteiger partial charge is 0.493 e. The maximum atomic E-state index is 12.5. The Kier molecular flexibility index (Phi) is 6.17. The number of ketones is 1. The van der Waals surface area contributed by atoms with E-state index in [1.807, 2.05) is 19.1 Å². The van der Waals surface area contributed by atoms with E-state index >= 15 is 0 Å². The summed E-state index contributed by atoms with van der Waals surface area (Å²) in [6, 6.07) is 12.2. The van der Waals surface area contributed by atoms with Crippen LogP contribution in [-0.2, 0) is 11.2 Å². The maximum absolute atomic E-state index is 12.5. The number of esters is 1. The van der Waals surface area contributed by atoms with Crippen LogP contribution in [0, 0.1) is 0 Å². The van der Waals surface area contributed by atoms with Crippen LogP contribution in [0.5, 0.6) is 11.5 Å². The average molecular weight is 342 g/mol. The molecule has 2 aromatic carbocycles. The van der Waals surface area contributed by atoms with Crippen LogP contribution in [0.4, 0.5) is 0 Å². The highest BCUT2D eigenvalue weighted by Gasteiger charge is 2.23. The summed E-state index contributed by atoms with van der Waals surface area (Å²) in [6.45, 7) is 3.60. The van der Waals surface area contributed by atoms with Crippen LogP contribution in [0.2, 0.25) is 0 Å². The fourth-order valence-electron chi connectivity index (χ4n) is 2.46. The Balaban J connectivity index is 2.15. The molecule has 2 rings (SSSR count). The van der Waals surface area contributed by atoms with E-state index in [1.54, 1.807) is 37.3 Å². The second-order valence-corrected chi connectivity index (χ2v) is 5.50. The third-order valence-electron chi connectivity index (χ3n) is 3.92. The molecule has 0 fully saturated rings. The normalized spacial score (nSPS) is 11.5. The number of aryl methyl sites for hydroxylation is 1. The van der Waals surface area contributed by atoms with Gasteiger partial charge in [0.15, 0.2) is 17.6 Å². The fraction of sp³-hybridized carbons (Fsp3) is 0.300. The van der Waals surface area contributed by atoms with E-state index in [2.05, 4.69) is 0 Å². The molecular weight excluding hydrogens is 320 g/mol. The van der Waals surface area contributed by atoms with E-state index in [4.69, 9.17) is 14.2 Å². The molecule has 0 saturated heterocycles. The van der Waals surface area contributed by atoms with E-state index in [1.165, 1.54) is 14.2 Å². The lowest BCUT2D eigenvalue weighted by molar-refractivity contribution is 0.0315. The number of benzene rings is 2. The zero-order valence-corrected chi connectivity index (χ0v) is 14.9. The first kappa shape index (κ1) is 18.5. The second kappa shape index (κ2) is 8.33. The van der Waals surface area contributed by atoms with Gasteiger partial charge in [0.25, 0.3) is 0 Å². The van der Waals surface area contributed by atoms with Crippen molar-refractivity contribution in [3.63, 3.8) is 0 Å². The highest BCUT2D eigenvalue weighted by Crippen LogP contribution is 2.31. The van der Waals surface area contributed by atoms with Crippen molar-refractivity contribution < 1.29 is 23.8 Å². The molecule has 0 unspecified atom stereocenters. The number of ether oxygens (including phenoxy) is 3. The predicted octanol–water partition coefficient (Wildman–Crippen LogP) is 3.69. The number of hydrogen-bond acceptors (Lipinski definition) is 5. The van der Waals surface area contributed by atoms with Gasteiger partial charge >= 0.3 is 5.97 Å². The molecule has 0 aromatic heterocycles. The number of carbonyl (C=O) groups is 2. The minimum Gasteiger partial charge on any atom is -0.493 e. The average Bonchev–Trinajstić information content (AvgIpc) is 2.66. The summed E-state index contributed by atoms with van der Waals surface area (Å²) in [5.41, 5.74) is 1.86. The molecule has 5 nitrogen and oxygen atoms in total. The summed E-state index contributed by atoms with van der Waals surface area (Å²) in [5.74, 6) is -0.187. The van der Waals surface area contributed by atoms with Gasteiger partial charge in [-0.15, -0.1) is 0 Å². The summed E-state index contributed by atoms with van der Waals surface area (Å²) in [6.07, 6.45) is -0.00912. The molecule has 0 spiro atoms. The van der Waals surface area contributed by atoms with E-state index in [-0.39, 0.29) is 17.1 Å². The molecule has 0 N–H and O–H groups in total. The molecule has 0 aliphatic rings. The van der Waals surface area contributed by atoms with Gasteiger partial charge in [-0.05, 0) is 31.0 Å². The molecule has 0 amide bonds. The van der Waals surface area contributed by atoms with Gasteiger partial charge in [-0.25, -0.2) is 4.79 Å². The van der Waals surface area contributed by atoms with E-state index in [0.717, 1.165) is 12.0 Å². The van der Waals surface area contributed by atoms with Crippen molar-refractivity contribution in [3.8, 4) is 11.5 Å². The van der Waals surface area contributed by atoms with Crippen molar-refractivity contribution in [3.05, 3.63) is 59.2 Å². The van der Waals surface area contributed by atoms with Gasteiger partial charge in [0.2, 0.25) is 5.78 Å². The Morgan fingerprint density at radius 2 is 1.68 bits per heavy atom. The molecule has 132 valence electrons. The van der Waals surface area contributed by atoms with E-state index in [0.29, 0.717) is 11.3 Å². The summed E-state index contributed by atoms with van der Waals surface area (Å²) in [7, 11) is 2.93. The van der Waals surface area contributed by atoms with Crippen molar-refractivity contribution >= 4 is 11.8 Å². The molecular formula is C20H22O5. The van der Waals surface area contributed by atoms with Crippen molar-refractivity contribution in [2.45, 2.75) is 26.4 Å². The van der Waals surface area contributed by atoms with Crippen molar-refractivity contribution in [2.24, 2.45) is 0 Å². The molecule has 25 heavy (non-hydrogen) atoms. The molecule has 2 aromatic rings. The van der Waals surface area contributed by atoms with Gasteiger partial charge in [-0.3, -0.25) is 4.79 Å². The number of rotatable bonds is 7. The topological polar surface area (TPSA) is 61.8 Å². The van der Waals surface area contributed by atoms with E-state index < -0.39 is 12.1 Å². The highest BCUT2D eigenvalue weighted by molar-refractivity contribution is 6.02. The van der Waals surface area contributed by atoms with Gasteiger partial charge in [0.05, 0.1) is 14.2 Å². The molecule has 0 aliphatic carbocycles. The Morgan fingerprint density at radius 1 is 1.00 bits per heavy atom. The molecule has 0 aliphatic heterocycles. The van der Waals surface area contributed by atoms with Crippen LogP contribution in [0.1, 0.15) is 40.1 Å². The number of para-hydroxylation sites is 1. The van der Waals surface area contributed by atoms with Crippen molar-refractivity contribution in [1.82, 2.24) is 0 Å². The lowest BCUT2D eigenvalue weighted by Crippen LogP contribution is -2.24. The Labute approximate surface area is 147 Å². The fourth-order valence-corrected chi connectivity index (χ4v) is 2.46. The van der Waals surface area contributed by atoms with Crippen LogP contribution < -0.4 is 9.47 Å². The lowest BCUT2D eigenvalue weighted by Gasteiger charge is -2.15. The third kappa shape index (κ3) is 4.18. The predicted molar refractivity (Wildman–Crippen MR) is 94.6 cm³/mol. The number of methoxy groups -OCH3 is 2. The SMILES string of the molecule is CCc1ccc(C(=O)[C@H](C)OC(=O)c2cccc(OC)c2OC)cc1. The van der Waals surface area contributed by atoms with Crippen LogP contribution >= 0.6 is 0 Å². The first-order chi connectivity index (χ1) is 12.0. The van der Waals surface area contributed by atoms with Crippen LogP contribution in [0.25, 0.3) is 0 Å². The van der Waals surface area contributed by atoms with Crippen molar-refractivity contribution in [1.29, 1.82) is 0 Å². The molecule has 5 heteroatoms. The summed E-state index contributed by atoms with van der Waals surface area (Å²) < 4.78 is 15.7. The van der Waals surface area contributed by atoms with Gasteiger partial charge < -0.3 is 14.2 Å². The zero-order valence-electron chi connectivity index (χ0n) is 14.9. The Hall–Kier alpha value is -2.82. The van der Waals surface area contributed by atoms with Crippen molar-refractivity contribution in [2.75, 3.05) is 14.2 Å². The van der Waals surface area contributed by atoms with Gasteiger partial charge in [0.1, 0.15) is 5.56 Å². The Morgan fingerprint density at radius 3 is 2.24 bits per heavy atom. The quantitative estimate of drug-likeness (QED) is 0.567. The Bertz CT molecular complexity index is 749. The minimum atomic E-state index is -0.907. The summed E-state index contributed by atoms with van der Waals surface area (Å²) in [4.78, 5) is 24.9. The smallest absolute Gasteiger partial charge is 0.342 e. The van der Waals surface area contributed by atoms with E-state index in [9.17, 15) is 9.59 Å². The van der Waals surface area contributed by atoms with Gasteiger partial charge in [-0.2, -0.15) is 0 Å². The lowest BCUT2D eigenvalue weighted by atomic mass is 10.0. The molecule has 0 radical (unpaired) electrons. The number of carbonyl (C=O) groups excluding carboxylic acids is 2. The van der Waals surface area contributed by atoms with Gasteiger partial charge in [-0.1, -0.05) is 37.3 Å². The summed E-state index contributed by atoms with van der Waals surface area (Å²) in [5, 5.41) is 0. The van der Waals surface area contributed by atoms with Crippen LogP contribution in [0.3, 0.4) is 0 Å². The maximum Gasteiger partial charge on any atom is 0.342 e. The first-order valence-electron chi connectivity index (χ1n) is 8.06. The minimum absolute atomic E-state index is 0.211. The van der Waals surface area contributed by atoms with Crippen LogP contribution in [-0.4, -0.2) is 32.1 Å².